The number of methoxy groups -OCH3 is 1. The van der Waals surface area contributed by atoms with Gasteiger partial charge in [0.15, 0.2) is 0 Å². The van der Waals surface area contributed by atoms with Gasteiger partial charge < -0.3 is 9.72 Å². The molecule has 76 valence electrons. The summed E-state index contributed by atoms with van der Waals surface area (Å²) in [6, 6.07) is 1.53. The fourth-order valence-electron chi connectivity index (χ4n) is 1.46. The fourth-order valence-corrected chi connectivity index (χ4v) is 1.46. The van der Waals surface area contributed by atoms with Crippen LogP contribution in [-0.2, 0) is 11.3 Å². The maximum atomic E-state index is 11.5. The van der Waals surface area contributed by atoms with Crippen molar-refractivity contribution < 1.29 is 4.74 Å². The number of aromatic nitrogens is 2. The molecule has 1 heterocycles. The minimum atomic E-state index is -0.327. The van der Waals surface area contributed by atoms with E-state index in [9.17, 15) is 9.59 Å². The Bertz CT molecular complexity index is 411. The average molecular weight is 196 g/mol. The third kappa shape index (κ3) is 1.63. The summed E-state index contributed by atoms with van der Waals surface area (Å²) in [6.07, 6.45) is 1.85. The molecule has 5 nitrogen and oxygen atoms in total. The van der Waals surface area contributed by atoms with Crippen LogP contribution < -0.4 is 11.2 Å². The molecule has 1 N–H and O–H groups in total. The zero-order valence-corrected chi connectivity index (χ0v) is 7.95. The van der Waals surface area contributed by atoms with Crippen molar-refractivity contribution in [2.45, 2.75) is 25.5 Å². The highest BCUT2D eigenvalue weighted by Gasteiger charge is 2.26. The van der Waals surface area contributed by atoms with Crippen LogP contribution in [0.5, 0.6) is 0 Å². The highest BCUT2D eigenvalue weighted by atomic mass is 16.5. The van der Waals surface area contributed by atoms with Gasteiger partial charge in [-0.1, -0.05) is 0 Å². The SMILES string of the molecule is COCc1cc(=O)n(C2CC2)c(=O)[nH]1. The Morgan fingerprint density at radius 3 is 2.79 bits per heavy atom. The molecular weight excluding hydrogens is 184 g/mol. The van der Waals surface area contributed by atoms with Crippen LogP contribution in [0.15, 0.2) is 15.7 Å². The Labute approximate surface area is 80.3 Å². The summed E-state index contributed by atoms with van der Waals surface area (Å²) >= 11 is 0. The first-order valence-corrected chi connectivity index (χ1v) is 4.56. The Kier molecular flexibility index (Phi) is 2.25. The maximum absolute atomic E-state index is 11.5. The summed E-state index contributed by atoms with van der Waals surface area (Å²) < 4.78 is 6.11. The van der Waals surface area contributed by atoms with Gasteiger partial charge in [0.05, 0.1) is 12.3 Å². The molecule has 1 aromatic heterocycles. The lowest BCUT2D eigenvalue weighted by Crippen LogP contribution is -2.34. The first kappa shape index (κ1) is 9.21. The maximum Gasteiger partial charge on any atom is 0.328 e. The molecule has 1 saturated carbocycles. The van der Waals surface area contributed by atoms with E-state index in [1.165, 1.54) is 17.7 Å². The molecule has 0 amide bonds. The van der Waals surface area contributed by atoms with Crippen molar-refractivity contribution in [3.05, 3.63) is 32.6 Å². The van der Waals surface area contributed by atoms with Crippen LogP contribution in [0.4, 0.5) is 0 Å². The van der Waals surface area contributed by atoms with Gasteiger partial charge in [-0.15, -0.1) is 0 Å². The van der Waals surface area contributed by atoms with Crippen molar-refractivity contribution in [1.82, 2.24) is 9.55 Å². The van der Waals surface area contributed by atoms with Gasteiger partial charge in [0.25, 0.3) is 5.56 Å². The van der Waals surface area contributed by atoms with Gasteiger partial charge in [-0.25, -0.2) is 4.79 Å². The molecule has 0 bridgehead atoms. The smallest absolute Gasteiger partial charge is 0.328 e. The Balaban J connectivity index is 2.45. The van der Waals surface area contributed by atoms with E-state index in [1.54, 1.807) is 0 Å². The molecule has 1 aliphatic carbocycles. The predicted octanol–water partition coefficient (Wildman–Crippen LogP) is 0.0179. The van der Waals surface area contributed by atoms with Crippen molar-refractivity contribution >= 4 is 0 Å². The second-order valence-electron chi connectivity index (χ2n) is 3.47. The quantitative estimate of drug-likeness (QED) is 0.741. The normalized spacial score (nSPS) is 15.8. The summed E-state index contributed by atoms with van der Waals surface area (Å²) in [7, 11) is 1.52. The number of ether oxygens (including phenoxy) is 1. The van der Waals surface area contributed by atoms with Crippen LogP contribution in [0.1, 0.15) is 24.6 Å². The van der Waals surface area contributed by atoms with E-state index in [1.807, 2.05) is 0 Å². The molecule has 1 fully saturated rings. The Hall–Kier alpha value is -1.36. The number of rotatable bonds is 3. The van der Waals surface area contributed by atoms with Crippen LogP contribution in [0.3, 0.4) is 0 Å². The van der Waals surface area contributed by atoms with E-state index in [0.29, 0.717) is 5.69 Å². The Morgan fingerprint density at radius 1 is 1.57 bits per heavy atom. The van der Waals surface area contributed by atoms with Gasteiger partial charge in [-0.2, -0.15) is 0 Å². The van der Waals surface area contributed by atoms with Crippen LogP contribution in [-0.4, -0.2) is 16.7 Å². The van der Waals surface area contributed by atoms with E-state index in [4.69, 9.17) is 4.74 Å². The minimum Gasteiger partial charge on any atom is -0.378 e. The first-order valence-electron chi connectivity index (χ1n) is 4.56. The fraction of sp³-hybridized carbons (Fsp3) is 0.556. The van der Waals surface area contributed by atoms with Crippen LogP contribution in [0, 0.1) is 0 Å². The molecule has 1 aliphatic rings. The van der Waals surface area contributed by atoms with Gasteiger partial charge in [0, 0.05) is 19.2 Å². The standard InChI is InChI=1S/C9H12N2O3/c1-14-5-6-4-8(12)11(7-2-3-7)9(13)10-6/h4,7H,2-3,5H2,1H3,(H,10,13). The number of H-pyrrole nitrogens is 1. The molecule has 0 atom stereocenters. The third-order valence-electron chi connectivity index (χ3n) is 2.23. The van der Waals surface area contributed by atoms with Crippen molar-refractivity contribution in [3.63, 3.8) is 0 Å². The van der Waals surface area contributed by atoms with Crippen molar-refractivity contribution in [3.8, 4) is 0 Å². The predicted molar refractivity (Wildman–Crippen MR) is 50.3 cm³/mol. The molecular formula is C9H12N2O3. The van der Waals surface area contributed by atoms with Crippen molar-refractivity contribution in [2.75, 3.05) is 7.11 Å². The highest BCUT2D eigenvalue weighted by molar-refractivity contribution is 5.01. The first-order chi connectivity index (χ1) is 6.72. The van der Waals surface area contributed by atoms with E-state index >= 15 is 0 Å². The van der Waals surface area contributed by atoms with Crippen LogP contribution >= 0.6 is 0 Å². The van der Waals surface area contributed by atoms with Crippen molar-refractivity contribution in [2.24, 2.45) is 0 Å². The van der Waals surface area contributed by atoms with Gasteiger partial charge >= 0.3 is 5.69 Å². The molecule has 0 saturated heterocycles. The van der Waals surface area contributed by atoms with Gasteiger partial charge in [-0.05, 0) is 12.8 Å². The lowest BCUT2D eigenvalue weighted by molar-refractivity contribution is 0.180. The van der Waals surface area contributed by atoms with Gasteiger partial charge in [0.1, 0.15) is 0 Å². The van der Waals surface area contributed by atoms with E-state index in [-0.39, 0.29) is 23.9 Å². The molecule has 0 spiro atoms. The average Bonchev–Trinajstić information content (AvgIpc) is 2.87. The zero-order valence-electron chi connectivity index (χ0n) is 7.95. The number of nitrogens with one attached hydrogen (secondary N) is 1. The minimum absolute atomic E-state index is 0.114. The molecule has 0 unspecified atom stereocenters. The summed E-state index contributed by atoms with van der Waals surface area (Å²) in [6.45, 7) is 0.260. The molecule has 5 heteroatoms. The summed E-state index contributed by atoms with van der Waals surface area (Å²) in [4.78, 5) is 25.6. The molecule has 0 radical (unpaired) electrons. The van der Waals surface area contributed by atoms with E-state index in [2.05, 4.69) is 4.98 Å². The number of aromatic amines is 1. The van der Waals surface area contributed by atoms with Crippen LogP contribution in [0.2, 0.25) is 0 Å². The van der Waals surface area contributed by atoms with Crippen LogP contribution in [0.25, 0.3) is 0 Å². The summed E-state index contributed by atoms with van der Waals surface area (Å²) in [5, 5.41) is 0. The zero-order chi connectivity index (χ0) is 10.1. The summed E-state index contributed by atoms with van der Waals surface area (Å²) in [5.74, 6) is 0. The lowest BCUT2D eigenvalue weighted by atomic mass is 10.4. The van der Waals surface area contributed by atoms with Gasteiger partial charge in [-0.3, -0.25) is 9.36 Å². The highest BCUT2D eigenvalue weighted by Crippen LogP contribution is 2.31. The number of nitrogens with zero attached hydrogens (tertiary/aromatic N) is 1. The van der Waals surface area contributed by atoms with E-state index in [0.717, 1.165) is 12.8 Å². The van der Waals surface area contributed by atoms with E-state index < -0.39 is 0 Å². The molecule has 14 heavy (non-hydrogen) atoms. The molecule has 0 aromatic carbocycles. The molecule has 0 aliphatic heterocycles. The Morgan fingerprint density at radius 2 is 2.29 bits per heavy atom. The second-order valence-corrected chi connectivity index (χ2v) is 3.47. The second kappa shape index (κ2) is 3.42. The third-order valence-corrected chi connectivity index (χ3v) is 2.23. The summed E-state index contributed by atoms with van der Waals surface area (Å²) in [5.41, 5.74) is -0.0326. The largest absolute Gasteiger partial charge is 0.378 e. The monoisotopic (exact) mass is 196 g/mol. The number of hydrogen-bond acceptors (Lipinski definition) is 3. The number of hydrogen-bond donors (Lipinski definition) is 1. The molecule has 2 rings (SSSR count). The topological polar surface area (TPSA) is 64.1 Å². The van der Waals surface area contributed by atoms with Crippen molar-refractivity contribution in [1.29, 1.82) is 0 Å². The lowest BCUT2D eigenvalue weighted by Gasteiger charge is -2.03. The van der Waals surface area contributed by atoms with Gasteiger partial charge in [0.2, 0.25) is 0 Å². The molecule has 1 aromatic rings.